The van der Waals surface area contributed by atoms with E-state index < -0.39 is 17.0 Å². The molecule has 0 radical (unpaired) electrons. The molecule has 5 fully saturated rings. The third-order valence-electron chi connectivity index (χ3n) is 14.5. The fourth-order valence-corrected chi connectivity index (χ4v) is 12.4. The van der Waals surface area contributed by atoms with Crippen LogP contribution in [0, 0.1) is 56.7 Å². The van der Waals surface area contributed by atoms with Gasteiger partial charge in [-0.3, -0.25) is 4.79 Å². The van der Waals surface area contributed by atoms with Crippen LogP contribution in [0.1, 0.15) is 119 Å². The predicted octanol–water partition coefficient (Wildman–Crippen LogP) is 8.43. The minimum absolute atomic E-state index is 0.153. The third-order valence-corrected chi connectivity index (χ3v) is 14.5. The van der Waals surface area contributed by atoms with E-state index in [1.54, 1.807) is 0 Å². The summed E-state index contributed by atoms with van der Waals surface area (Å²) in [7, 11) is 0. The van der Waals surface area contributed by atoms with E-state index in [1.807, 2.05) is 0 Å². The van der Waals surface area contributed by atoms with Crippen LogP contribution in [0.25, 0.3) is 0 Å². The minimum atomic E-state index is -0.678. The third kappa shape index (κ3) is 3.31. The molecule has 0 unspecified atom stereocenters. The van der Waals surface area contributed by atoms with E-state index in [4.69, 9.17) is 0 Å². The van der Waals surface area contributed by atoms with E-state index in [2.05, 4.69) is 61.6 Å². The normalized spacial score (nSPS) is 52.3. The van der Waals surface area contributed by atoms with Gasteiger partial charge >= 0.3 is 5.97 Å². The molecule has 5 rings (SSSR count). The number of hydrogen-bond acceptors (Lipinski definition) is 2. The Kier molecular flexibility index (Phi) is 6.10. The number of aliphatic hydroxyl groups is 1. The Labute approximate surface area is 226 Å². The fraction of sp³-hybridized carbons (Fsp3) is 0.853. The summed E-state index contributed by atoms with van der Waals surface area (Å²) in [5, 5.41) is 22.5. The van der Waals surface area contributed by atoms with Crippen molar-refractivity contribution in [2.75, 3.05) is 0 Å². The lowest BCUT2D eigenvalue weighted by atomic mass is 9.31. The zero-order valence-electron chi connectivity index (χ0n) is 24.9. The van der Waals surface area contributed by atoms with Gasteiger partial charge in [-0.15, -0.1) is 6.58 Å². The van der Waals surface area contributed by atoms with E-state index in [0.29, 0.717) is 30.1 Å². The Hall–Kier alpha value is -1.09. The van der Waals surface area contributed by atoms with Crippen molar-refractivity contribution in [3.63, 3.8) is 0 Å². The quantitative estimate of drug-likeness (QED) is 0.373. The van der Waals surface area contributed by atoms with Gasteiger partial charge in [-0.25, -0.2) is 0 Å². The highest BCUT2D eigenvalue weighted by atomic mass is 16.4. The number of carbonyl (C=O) groups is 1. The smallest absolute Gasteiger partial charge is 0.309 e. The number of hydrogen-bond donors (Lipinski definition) is 2. The van der Waals surface area contributed by atoms with E-state index in [1.165, 1.54) is 18.4 Å². The van der Waals surface area contributed by atoms with Gasteiger partial charge in [0.2, 0.25) is 0 Å². The molecule has 5 aliphatic carbocycles. The maximum atomic E-state index is 12.9. The maximum Gasteiger partial charge on any atom is 0.309 e. The fourth-order valence-electron chi connectivity index (χ4n) is 12.4. The lowest BCUT2D eigenvalue weighted by molar-refractivity contribution is -0.264. The summed E-state index contributed by atoms with van der Waals surface area (Å²) in [6.45, 7) is 25.2. The molecule has 0 heterocycles. The van der Waals surface area contributed by atoms with Gasteiger partial charge in [0.05, 0.1) is 11.0 Å². The average Bonchev–Trinajstić information content (AvgIpc) is 3.18. The topological polar surface area (TPSA) is 57.5 Å². The van der Waals surface area contributed by atoms with Gasteiger partial charge in [0.25, 0.3) is 0 Å². The minimum Gasteiger partial charge on any atom is -0.481 e. The van der Waals surface area contributed by atoms with Crippen LogP contribution in [0.15, 0.2) is 24.3 Å². The molecular formula is C34H54O3. The first-order chi connectivity index (χ1) is 17.0. The first-order valence-corrected chi connectivity index (χ1v) is 15.3. The summed E-state index contributed by atoms with van der Waals surface area (Å²) in [6.07, 6.45) is 11.1. The van der Waals surface area contributed by atoms with Gasteiger partial charge in [0.1, 0.15) is 0 Å². The van der Waals surface area contributed by atoms with Crippen molar-refractivity contribution in [3.05, 3.63) is 24.3 Å². The maximum absolute atomic E-state index is 12.9. The molecule has 208 valence electrons. The van der Waals surface area contributed by atoms with Gasteiger partial charge in [0.15, 0.2) is 0 Å². The van der Waals surface area contributed by atoms with Crippen molar-refractivity contribution < 1.29 is 15.0 Å². The van der Waals surface area contributed by atoms with Crippen molar-refractivity contribution in [1.29, 1.82) is 0 Å². The van der Waals surface area contributed by atoms with Crippen LogP contribution < -0.4 is 0 Å². The largest absolute Gasteiger partial charge is 0.481 e. The first kappa shape index (κ1) is 27.5. The van der Waals surface area contributed by atoms with E-state index >= 15 is 0 Å². The molecule has 2 N–H and O–H groups in total. The Balaban J connectivity index is 1.53. The molecular weight excluding hydrogens is 456 g/mol. The van der Waals surface area contributed by atoms with Gasteiger partial charge < -0.3 is 10.2 Å². The van der Waals surface area contributed by atoms with Crippen LogP contribution in [-0.4, -0.2) is 21.8 Å². The summed E-state index contributed by atoms with van der Waals surface area (Å²) in [5.74, 6) is 1.60. The second kappa shape index (κ2) is 8.21. The standard InChI is InChI=1S/C34H54O3/c1-21(2)20-34(37)19-16-30(7)25(29(34,5)6)13-14-32(9)26(30)11-10-24-27-23(22(3)4)12-15-33(27,28(35)36)18-17-31(24,32)8/h23-27,37H,1,3,10-20H2,2,4-9H3,(H,35,36)/t23-,24+,25-,26+,27+,30-,31+,32+,33-,34-/m0/s1. The van der Waals surface area contributed by atoms with Gasteiger partial charge in [-0.05, 0) is 136 Å². The van der Waals surface area contributed by atoms with Crippen molar-refractivity contribution in [1.82, 2.24) is 0 Å². The second-order valence-electron chi connectivity index (χ2n) is 16.0. The molecule has 37 heavy (non-hydrogen) atoms. The molecule has 0 aromatic carbocycles. The zero-order chi connectivity index (χ0) is 27.4. The molecule has 3 heteroatoms. The summed E-state index contributed by atoms with van der Waals surface area (Å²) in [5.41, 5.74) is 1.46. The van der Waals surface area contributed by atoms with Crippen molar-refractivity contribution in [2.24, 2.45) is 56.7 Å². The number of aliphatic carboxylic acids is 1. The van der Waals surface area contributed by atoms with Crippen LogP contribution in [0.3, 0.4) is 0 Å². The Bertz CT molecular complexity index is 1010. The molecule has 0 spiro atoms. The Morgan fingerprint density at radius 1 is 0.811 bits per heavy atom. The molecule has 10 atom stereocenters. The molecule has 0 aromatic heterocycles. The van der Waals surface area contributed by atoms with Crippen molar-refractivity contribution in [2.45, 2.75) is 125 Å². The summed E-state index contributed by atoms with van der Waals surface area (Å²) in [4.78, 5) is 12.9. The van der Waals surface area contributed by atoms with Crippen LogP contribution >= 0.6 is 0 Å². The molecule has 0 amide bonds. The highest BCUT2D eigenvalue weighted by molar-refractivity contribution is 5.76. The van der Waals surface area contributed by atoms with Gasteiger partial charge in [-0.1, -0.05) is 52.3 Å². The number of allylic oxidation sites excluding steroid dienone is 1. The van der Waals surface area contributed by atoms with E-state index in [0.717, 1.165) is 56.9 Å². The highest BCUT2D eigenvalue weighted by Gasteiger charge is 2.72. The molecule has 0 saturated heterocycles. The highest BCUT2D eigenvalue weighted by Crippen LogP contribution is 2.78. The first-order valence-electron chi connectivity index (χ1n) is 15.3. The van der Waals surface area contributed by atoms with Gasteiger partial charge in [0, 0.05) is 0 Å². The predicted molar refractivity (Wildman–Crippen MR) is 151 cm³/mol. The molecule has 5 saturated carbocycles. The van der Waals surface area contributed by atoms with Crippen molar-refractivity contribution >= 4 is 5.97 Å². The second-order valence-corrected chi connectivity index (χ2v) is 16.0. The number of carboxylic acid groups (broad SMARTS) is 1. The lowest BCUT2D eigenvalue weighted by Crippen LogP contribution is -2.68. The SMILES string of the molecule is C=C(C)C[C@@]1(O)CC[C@]2(C)[C@H]3CC[C@@H]4[C@H]5[C@H](C(=C)C)CC[C@]5(C(=O)O)CC[C@@]4(C)[C@]3(C)CC[C@H]2C1(C)C. The van der Waals surface area contributed by atoms with Crippen LogP contribution in [0.5, 0.6) is 0 Å². The van der Waals surface area contributed by atoms with Crippen LogP contribution in [0.2, 0.25) is 0 Å². The molecule has 3 nitrogen and oxygen atoms in total. The summed E-state index contributed by atoms with van der Waals surface area (Å²) >= 11 is 0. The zero-order valence-corrected chi connectivity index (χ0v) is 24.9. The van der Waals surface area contributed by atoms with Crippen LogP contribution in [0.4, 0.5) is 0 Å². The van der Waals surface area contributed by atoms with Crippen molar-refractivity contribution in [3.8, 4) is 0 Å². The van der Waals surface area contributed by atoms with Gasteiger partial charge in [-0.2, -0.15) is 0 Å². The molecule has 0 bridgehead atoms. The molecule has 0 aromatic rings. The number of rotatable bonds is 4. The summed E-state index contributed by atoms with van der Waals surface area (Å²) < 4.78 is 0. The Morgan fingerprint density at radius 2 is 1.49 bits per heavy atom. The summed E-state index contributed by atoms with van der Waals surface area (Å²) in [6, 6.07) is 0. The number of carboxylic acids is 1. The monoisotopic (exact) mass is 510 g/mol. The average molecular weight is 511 g/mol. The molecule has 0 aliphatic heterocycles. The molecule has 5 aliphatic rings. The number of fused-ring (bicyclic) bond motifs is 7. The lowest BCUT2D eigenvalue weighted by Gasteiger charge is -2.73. The van der Waals surface area contributed by atoms with E-state index in [9.17, 15) is 15.0 Å². The Morgan fingerprint density at radius 3 is 2.08 bits per heavy atom. The van der Waals surface area contributed by atoms with Crippen LogP contribution in [-0.2, 0) is 4.79 Å². The van der Waals surface area contributed by atoms with E-state index in [-0.39, 0.29) is 27.6 Å².